The summed E-state index contributed by atoms with van der Waals surface area (Å²) in [5, 5.41) is 6.28. The number of allylic oxidation sites excluding steroid dienone is 1. The molecule has 1 aliphatic carbocycles. The fourth-order valence-electron chi connectivity index (χ4n) is 9.20. The number of hydrogen-bond donors (Lipinski definition) is 0. The topological polar surface area (TPSA) is 17.8 Å². The summed E-state index contributed by atoms with van der Waals surface area (Å²) in [6.07, 6.45) is 9.57. The van der Waals surface area contributed by atoms with Crippen LogP contribution in [0.3, 0.4) is 0 Å². The first-order valence-corrected chi connectivity index (χ1v) is 19.8. The van der Waals surface area contributed by atoms with E-state index in [-0.39, 0.29) is 5.92 Å². The number of hydrogen-bond acceptors (Lipinski definition) is 1. The minimum Gasteiger partial charge on any atom is -0.309 e. The van der Waals surface area contributed by atoms with E-state index in [0.717, 1.165) is 6.42 Å². The second-order valence-electron chi connectivity index (χ2n) is 15.1. The van der Waals surface area contributed by atoms with E-state index in [9.17, 15) is 0 Å². The summed E-state index contributed by atoms with van der Waals surface area (Å²) in [6.45, 7) is 0. The lowest BCUT2D eigenvalue weighted by molar-refractivity contribution is 0.825. The summed E-state index contributed by atoms with van der Waals surface area (Å²) >= 11 is 0. The van der Waals surface area contributed by atoms with Gasteiger partial charge in [-0.2, -0.15) is 0 Å². The molecule has 8 aromatic carbocycles. The van der Waals surface area contributed by atoms with Gasteiger partial charge < -0.3 is 4.57 Å². The van der Waals surface area contributed by atoms with E-state index in [1.165, 1.54) is 99.5 Å². The Morgan fingerprint density at radius 3 is 1.70 bits per heavy atom. The van der Waals surface area contributed by atoms with Crippen LogP contribution < -0.4 is 0 Å². The van der Waals surface area contributed by atoms with Crippen molar-refractivity contribution in [1.29, 1.82) is 0 Å². The van der Waals surface area contributed by atoms with Crippen molar-refractivity contribution in [3.8, 4) is 50.2 Å². The van der Waals surface area contributed by atoms with Crippen molar-refractivity contribution in [2.45, 2.75) is 12.3 Å². The predicted octanol–water partition coefficient (Wildman–Crippen LogP) is 14.4. The van der Waals surface area contributed by atoms with Crippen molar-refractivity contribution in [2.24, 2.45) is 0 Å². The Morgan fingerprint density at radius 2 is 1.00 bits per heavy atom. The second kappa shape index (κ2) is 13.8. The van der Waals surface area contributed by atoms with Crippen LogP contribution in [-0.2, 0) is 6.42 Å². The minimum atomic E-state index is 0.265. The Kier molecular flexibility index (Phi) is 8.00. The van der Waals surface area contributed by atoms with Gasteiger partial charge in [-0.1, -0.05) is 164 Å². The first-order valence-electron chi connectivity index (χ1n) is 19.8. The van der Waals surface area contributed by atoms with Crippen LogP contribution in [0.4, 0.5) is 0 Å². The smallest absolute Gasteiger partial charge is 0.0568 e. The maximum Gasteiger partial charge on any atom is 0.0568 e. The molecule has 10 aromatic rings. The summed E-state index contributed by atoms with van der Waals surface area (Å²) in [5.74, 6) is 0.265. The number of nitrogens with zero attached hydrogens (tertiary/aromatic N) is 2. The average Bonchev–Trinajstić information content (AvgIpc) is 3.62. The summed E-state index contributed by atoms with van der Waals surface area (Å²) in [5.41, 5.74) is 16.2. The molecule has 0 saturated heterocycles. The molecule has 0 saturated carbocycles. The first kappa shape index (κ1) is 33.1. The van der Waals surface area contributed by atoms with Gasteiger partial charge in [0.1, 0.15) is 0 Å². The van der Waals surface area contributed by atoms with E-state index in [1.807, 2.05) is 12.4 Å². The quantitative estimate of drug-likeness (QED) is 0.156. The normalized spacial score (nSPS) is 13.6. The van der Waals surface area contributed by atoms with Gasteiger partial charge in [0.15, 0.2) is 0 Å². The maximum absolute atomic E-state index is 4.54. The number of aromatic nitrogens is 2. The monoisotopic (exact) mass is 726 g/mol. The molecular weight excluding hydrogens is 689 g/mol. The lowest BCUT2D eigenvalue weighted by atomic mass is 9.84. The minimum absolute atomic E-state index is 0.265. The molecule has 11 rings (SSSR count). The molecule has 1 atom stereocenters. The second-order valence-corrected chi connectivity index (χ2v) is 15.1. The molecule has 1 unspecified atom stereocenters. The zero-order valence-electron chi connectivity index (χ0n) is 31.4. The van der Waals surface area contributed by atoms with Crippen molar-refractivity contribution in [3.63, 3.8) is 0 Å². The SMILES string of the molecule is C1=CC(c2cccc(-c3cccc(-c4ccc5c(-c6ccccc6)c6ccccc6c(-c6ccccc6)c5c4)c3)c2)Cc2c1n(-c1ccccc1)c1ccncc21. The molecule has 0 N–H and O–H groups in total. The summed E-state index contributed by atoms with van der Waals surface area (Å²) in [4.78, 5) is 4.54. The lowest BCUT2D eigenvalue weighted by Gasteiger charge is -2.20. The Bertz CT molecular complexity index is 3140. The maximum atomic E-state index is 4.54. The van der Waals surface area contributed by atoms with E-state index in [0.29, 0.717) is 0 Å². The van der Waals surface area contributed by atoms with Crippen LogP contribution >= 0.6 is 0 Å². The van der Waals surface area contributed by atoms with Gasteiger partial charge in [-0.15, -0.1) is 0 Å². The van der Waals surface area contributed by atoms with Gasteiger partial charge in [0.25, 0.3) is 0 Å². The number of fused-ring (bicyclic) bond motifs is 5. The number of rotatable bonds is 6. The molecule has 1 aliphatic rings. The molecule has 2 heteroatoms. The molecule has 0 aliphatic heterocycles. The summed E-state index contributed by atoms with van der Waals surface area (Å²) in [6, 6.07) is 68.6. The van der Waals surface area contributed by atoms with Gasteiger partial charge in [-0.25, -0.2) is 0 Å². The number of benzene rings is 8. The van der Waals surface area contributed by atoms with Crippen molar-refractivity contribution < 1.29 is 0 Å². The van der Waals surface area contributed by atoms with Crippen LogP contribution in [0.2, 0.25) is 0 Å². The molecular formula is C55H38N2. The van der Waals surface area contributed by atoms with Gasteiger partial charge in [0, 0.05) is 35.1 Å². The van der Waals surface area contributed by atoms with Gasteiger partial charge in [0.2, 0.25) is 0 Å². The number of pyridine rings is 1. The summed E-state index contributed by atoms with van der Waals surface area (Å²) < 4.78 is 2.38. The Morgan fingerprint density at radius 1 is 0.439 bits per heavy atom. The van der Waals surface area contributed by atoms with Gasteiger partial charge >= 0.3 is 0 Å². The largest absolute Gasteiger partial charge is 0.309 e. The predicted molar refractivity (Wildman–Crippen MR) is 240 cm³/mol. The highest BCUT2D eigenvalue weighted by Crippen LogP contribution is 2.45. The van der Waals surface area contributed by atoms with E-state index in [1.54, 1.807) is 0 Å². The third-order valence-electron chi connectivity index (χ3n) is 11.8. The van der Waals surface area contributed by atoms with Gasteiger partial charge in [-0.3, -0.25) is 4.98 Å². The third kappa shape index (κ3) is 5.69. The molecule has 0 amide bonds. The molecule has 0 spiro atoms. The van der Waals surface area contributed by atoms with Crippen molar-refractivity contribution in [3.05, 3.63) is 223 Å². The van der Waals surface area contributed by atoms with Crippen LogP contribution in [0.15, 0.2) is 207 Å². The standard InChI is InChI=1S/C55H38N2/c1-4-14-37(15-5-1)54-46-24-10-11-25-47(46)55(38-16-6-2-7-17-38)50-35-43(26-28-48(50)54)41-20-12-18-39(32-41)40-19-13-21-42(33-40)44-27-29-52-49(34-44)51-36-56-31-30-53(51)57(52)45-22-8-3-9-23-45/h1-33,35-36,44H,34H2. The molecule has 2 nitrogen and oxygen atoms in total. The van der Waals surface area contributed by atoms with Crippen molar-refractivity contribution in [1.82, 2.24) is 9.55 Å². The molecule has 57 heavy (non-hydrogen) atoms. The first-order chi connectivity index (χ1) is 28.3. The molecule has 0 bridgehead atoms. The summed E-state index contributed by atoms with van der Waals surface area (Å²) in [7, 11) is 0. The molecule has 2 heterocycles. The van der Waals surface area contributed by atoms with Crippen LogP contribution in [-0.4, -0.2) is 9.55 Å². The molecule has 268 valence electrons. The highest BCUT2D eigenvalue weighted by Gasteiger charge is 2.24. The zero-order valence-corrected chi connectivity index (χ0v) is 31.4. The fourth-order valence-corrected chi connectivity index (χ4v) is 9.20. The highest BCUT2D eigenvalue weighted by molar-refractivity contribution is 6.22. The van der Waals surface area contributed by atoms with Crippen molar-refractivity contribution in [2.75, 3.05) is 0 Å². The highest BCUT2D eigenvalue weighted by atomic mass is 15.0. The van der Waals surface area contributed by atoms with Crippen LogP contribution in [0.5, 0.6) is 0 Å². The molecule has 2 aromatic heterocycles. The lowest BCUT2D eigenvalue weighted by Crippen LogP contribution is -2.07. The van der Waals surface area contributed by atoms with Gasteiger partial charge in [-0.05, 0) is 120 Å². The zero-order chi connectivity index (χ0) is 37.7. The average molecular weight is 727 g/mol. The fraction of sp³-hybridized carbons (Fsp3) is 0.0364. The van der Waals surface area contributed by atoms with E-state index >= 15 is 0 Å². The molecule has 0 radical (unpaired) electrons. The Hall–Kier alpha value is -7.29. The Balaban J connectivity index is 0.995. The third-order valence-corrected chi connectivity index (χ3v) is 11.8. The molecule has 0 fully saturated rings. The van der Waals surface area contributed by atoms with Crippen molar-refractivity contribution >= 4 is 38.5 Å². The van der Waals surface area contributed by atoms with Crippen LogP contribution in [0.25, 0.3) is 88.7 Å². The van der Waals surface area contributed by atoms with E-state index < -0.39 is 0 Å². The van der Waals surface area contributed by atoms with Gasteiger partial charge in [0.05, 0.1) is 5.52 Å². The van der Waals surface area contributed by atoms with Crippen LogP contribution in [0, 0.1) is 0 Å². The Labute approximate surface area is 332 Å². The van der Waals surface area contributed by atoms with E-state index in [2.05, 4.69) is 210 Å². The van der Waals surface area contributed by atoms with E-state index in [4.69, 9.17) is 0 Å². The van der Waals surface area contributed by atoms with Crippen LogP contribution in [0.1, 0.15) is 22.7 Å². The number of para-hydroxylation sites is 1.